The average Bonchev–Trinajstić information content (AvgIpc) is 2.64. The van der Waals surface area contributed by atoms with Gasteiger partial charge >= 0.3 is 0 Å². The van der Waals surface area contributed by atoms with Gasteiger partial charge in [0.1, 0.15) is 0 Å². The van der Waals surface area contributed by atoms with Gasteiger partial charge in [-0.25, -0.2) is 4.98 Å². The largest absolute Gasteiger partial charge is 0.328 e. The van der Waals surface area contributed by atoms with E-state index in [2.05, 4.69) is 22.6 Å². The van der Waals surface area contributed by atoms with Gasteiger partial charge in [0.05, 0.1) is 10.7 Å². The van der Waals surface area contributed by atoms with Gasteiger partial charge in [-0.1, -0.05) is 13.3 Å². The summed E-state index contributed by atoms with van der Waals surface area (Å²) in [5.41, 5.74) is 7.13. The summed E-state index contributed by atoms with van der Waals surface area (Å²) in [6.07, 6.45) is 4.41. The maximum Gasteiger partial charge on any atom is 0.0897 e. The molecule has 1 unspecified atom stereocenters. The van der Waals surface area contributed by atoms with E-state index in [0.29, 0.717) is 6.04 Å². The molecule has 92 valence electrons. The summed E-state index contributed by atoms with van der Waals surface area (Å²) in [4.78, 5) is 4.43. The van der Waals surface area contributed by atoms with Crippen molar-refractivity contribution in [2.45, 2.75) is 45.6 Å². The predicted molar refractivity (Wildman–Crippen MR) is 70.9 cm³/mol. The molecule has 4 heteroatoms. The Labute approximate surface area is 102 Å². The normalized spacial score (nSPS) is 12.9. The number of nitrogens with two attached hydrogens (primary N) is 1. The molecular formula is C12H23N3S. The van der Waals surface area contributed by atoms with Gasteiger partial charge in [-0.3, -0.25) is 0 Å². The van der Waals surface area contributed by atoms with E-state index < -0.39 is 0 Å². The molecule has 0 aliphatic heterocycles. The Bertz CT molecular complexity index is 286. The summed E-state index contributed by atoms with van der Waals surface area (Å²) >= 11 is 1.72. The molecule has 16 heavy (non-hydrogen) atoms. The monoisotopic (exact) mass is 241 g/mol. The molecule has 0 fully saturated rings. The van der Waals surface area contributed by atoms with Crippen molar-refractivity contribution in [3.05, 3.63) is 16.1 Å². The molecule has 1 aromatic rings. The molecule has 3 N–H and O–H groups in total. The molecule has 1 rings (SSSR count). The Balaban J connectivity index is 2.00. The fourth-order valence-electron chi connectivity index (χ4n) is 1.67. The van der Waals surface area contributed by atoms with Crippen LogP contribution in [0.3, 0.4) is 0 Å². The first-order valence-electron chi connectivity index (χ1n) is 6.09. The van der Waals surface area contributed by atoms with Crippen molar-refractivity contribution >= 4 is 11.3 Å². The minimum atomic E-state index is 0.360. The molecule has 0 aliphatic rings. The van der Waals surface area contributed by atoms with Crippen molar-refractivity contribution in [2.75, 3.05) is 13.1 Å². The fraction of sp³-hybridized carbons (Fsp3) is 0.750. The number of nitrogens with one attached hydrogen (secondary N) is 1. The lowest BCUT2D eigenvalue weighted by molar-refractivity contribution is 0.528. The van der Waals surface area contributed by atoms with Crippen LogP contribution in [-0.2, 0) is 6.42 Å². The van der Waals surface area contributed by atoms with Gasteiger partial charge < -0.3 is 11.1 Å². The highest BCUT2D eigenvalue weighted by Crippen LogP contribution is 2.07. The first kappa shape index (κ1) is 13.6. The van der Waals surface area contributed by atoms with Crippen LogP contribution in [0, 0.1) is 6.92 Å². The highest BCUT2D eigenvalue weighted by atomic mass is 32.1. The minimum Gasteiger partial charge on any atom is -0.328 e. The predicted octanol–water partition coefficient (Wildman–Crippen LogP) is 2.10. The zero-order chi connectivity index (χ0) is 11.8. The highest BCUT2D eigenvalue weighted by molar-refractivity contribution is 7.09. The fourth-order valence-corrected chi connectivity index (χ4v) is 2.31. The Kier molecular flexibility index (Phi) is 6.61. The van der Waals surface area contributed by atoms with Crippen LogP contribution >= 0.6 is 11.3 Å². The summed E-state index contributed by atoms with van der Waals surface area (Å²) in [5, 5.41) is 6.71. The molecule has 0 saturated heterocycles. The Hall–Kier alpha value is -0.450. The van der Waals surface area contributed by atoms with E-state index in [-0.39, 0.29) is 0 Å². The quantitative estimate of drug-likeness (QED) is 0.685. The number of hydrogen-bond acceptors (Lipinski definition) is 4. The smallest absolute Gasteiger partial charge is 0.0897 e. The van der Waals surface area contributed by atoms with Crippen LogP contribution in [0.15, 0.2) is 5.38 Å². The molecule has 0 saturated carbocycles. The summed E-state index contributed by atoms with van der Waals surface area (Å²) in [6.45, 7) is 6.25. The number of nitrogens with zero attached hydrogens (tertiary/aromatic N) is 1. The van der Waals surface area contributed by atoms with E-state index in [1.807, 2.05) is 6.92 Å². The summed E-state index contributed by atoms with van der Waals surface area (Å²) < 4.78 is 0. The highest BCUT2D eigenvalue weighted by Gasteiger charge is 2.01. The number of aromatic nitrogens is 1. The van der Waals surface area contributed by atoms with Gasteiger partial charge in [0, 0.05) is 24.4 Å². The molecule has 0 amide bonds. The molecule has 3 nitrogen and oxygen atoms in total. The van der Waals surface area contributed by atoms with Crippen molar-refractivity contribution in [1.29, 1.82) is 0 Å². The van der Waals surface area contributed by atoms with Crippen LogP contribution in [0.25, 0.3) is 0 Å². The lowest BCUT2D eigenvalue weighted by Crippen LogP contribution is -2.27. The van der Waals surface area contributed by atoms with E-state index in [1.54, 1.807) is 11.3 Å². The number of rotatable bonds is 8. The van der Waals surface area contributed by atoms with Gasteiger partial charge in [0.15, 0.2) is 0 Å². The lowest BCUT2D eigenvalue weighted by atomic mass is 10.1. The van der Waals surface area contributed by atoms with Gasteiger partial charge in [0.25, 0.3) is 0 Å². The third-order valence-corrected chi connectivity index (χ3v) is 3.40. The van der Waals surface area contributed by atoms with Crippen LogP contribution < -0.4 is 11.1 Å². The Morgan fingerprint density at radius 3 is 2.88 bits per heavy atom. The first-order chi connectivity index (χ1) is 7.72. The number of thiazole rings is 1. The molecule has 1 aromatic heterocycles. The van der Waals surface area contributed by atoms with Gasteiger partial charge in [-0.05, 0) is 26.3 Å². The third-order valence-electron chi connectivity index (χ3n) is 2.58. The molecule has 0 spiro atoms. The van der Waals surface area contributed by atoms with Crippen LogP contribution in [0.4, 0.5) is 0 Å². The second-order valence-corrected chi connectivity index (χ2v) is 5.26. The van der Waals surface area contributed by atoms with E-state index in [1.165, 1.54) is 12.1 Å². The van der Waals surface area contributed by atoms with Gasteiger partial charge in [-0.2, -0.15) is 0 Å². The Morgan fingerprint density at radius 1 is 1.44 bits per heavy atom. The summed E-state index contributed by atoms with van der Waals surface area (Å²) in [5.74, 6) is 0. The standard InChI is InChI=1S/C12H23N3S/c1-3-4-11(13)5-7-14-8-6-12-9-16-10(2)15-12/h9,11,14H,3-8,13H2,1-2H3. The van der Waals surface area contributed by atoms with Crippen molar-refractivity contribution in [1.82, 2.24) is 10.3 Å². The van der Waals surface area contributed by atoms with Crippen LogP contribution in [0.1, 0.15) is 36.9 Å². The number of aryl methyl sites for hydroxylation is 1. The molecular weight excluding hydrogens is 218 g/mol. The molecule has 1 atom stereocenters. The van der Waals surface area contributed by atoms with E-state index >= 15 is 0 Å². The minimum absolute atomic E-state index is 0.360. The summed E-state index contributed by atoms with van der Waals surface area (Å²) in [7, 11) is 0. The zero-order valence-electron chi connectivity index (χ0n) is 10.3. The first-order valence-corrected chi connectivity index (χ1v) is 6.97. The van der Waals surface area contributed by atoms with Gasteiger partial charge in [0.2, 0.25) is 0 Å². The van der Waals surface area contributed by atoms with Crippen LogP contribution in [0.2, 0.25) is 0 Å². The maximum atomic E-state index is 5.93. The average molecular weight is 241 g/mol. The topological polar surface area (TPSA) is 50.9 Å². The van der Waals surface area contributed by atoms with Crippen molar-refractivity contribution < 1.29 is 0 Å². The van der Waals surface area contributed by atoms with Crippen molar-refractivity contribution in [3.63, 3.8) is 0 Å². The van der Waals surface area contributed by atoms with E-state index in [0.717, 1.165) is 37.4 Å². The van der Waals surface area contributed by atoms with Crippen molar-refractivity contribution in [3.8, 4) is 0 Å². The zero-order valence-corrected chi connectivity index (χ0v) is 11.1. The molecule has 0 bridgehead atoms. The molecule has 0 aliphatic carbocycles. The summed E-state index contributed by atoms with van der Waals surface area (Å²) in [6, 6.07) is 0.360. The molecule has 0 radical (unpaired) electrons. The number of hydrogen-bond donors (Lipinski definition) is 2. The second-order valence-electron chi connectivity index (χ2n) is 4.20. The van der Waals surface area contributed by atoms with Gasteiger partial charge in [-0.15, -0.1) is 11.3 Å². The van der Waals surface area contributed by atoms with Crippen LogP contribution in [-0.4, -0.2) is 24.1 Å². The Morgan fingerprint density at radius 2 is 2.25 bits per heavy atom. The van der Waals surface area contributed by atoms with Crippen molar-refractivity contribution in [2.24, 2.45) is 5.73 Å². The van der Waals surface area contributed by atoms with Crippen LogP contribution in [0.5, 0.6) is 0 Å². The lowest BCUT2D eigenvalue weighted by Gasteiger charge is -2.10. The maximum absolute atomic E-state index is 5.93. The van der Waals surface area contributed by atoms with E-state index in [4.69, 9.17) is 5.73 Å². The van der Waals surface area contributed by atoms with E-state index in [9.17, 15) is 0 Å². The second kappa shape index (κ2) is 7.76. The third kappa shape index (κ3) is 5.58. The molecule has 0 aromatic carbocycles. The SMILES string of the molecule is CCCC(N)CCNCCc1csc(C)n1. The molecule has 1 heterocycles.